The second-order valence-electron chi connectivity index (χ2n) is 7.98. The van der Waals surface area contributed by atoms with E-state index in [0.717, 1.165) is 15.4 Å². The van der Waals surface area contributed by atoms with Gasteiger partial charge in [-0.2, -0.15) is 0 Å². The van der Waals surface area contributed by atoms with Gasteiger partial charge in [-0.05, 0) is 42.7 Å². The molecular formula is C26H30N2O5S. The summed E-state index contributed by atoms with van der Waals surface area (Å²) in [6.45, 7) is 3.88. The van der Waals surface area contributed by atoms with Crippen molar-refractivity contribution in [3.8, 4) is 11.5 Å². The molecule has 3 aromatic carbocycles. The van der Waals surface area contributed by atoms with Gasteiger partial charge in [0.25, 0.3) is 10.0 Å². The molecule has 0 saturated heterocycles. The van der Waals surface area contributed by atoms with Crippen LogP contribution in [0.2, 0.25) is 0 Å². The summed E-state index contributed by atoms with van der Waals surface area (Å²) in [6.07, 6.45) is 0. The van der Waals surface area contributed by atoms with Gasteiger partial charge in [-0.3, -0.25) is 9.10 Å². The Kier molecular flexibility index (Phi) is 8.17. The molecule has 0 saturated carbocycles. The predicted molar refractivity (Wildman–Crippen MR) is 133 cm³/mol. The van der Waals surface area contributed by atoms with E-state index in [1.54, 1.807) is 30.3 Å². The number of carbonyl (C=O) groups excluding carboxylic acids is 1. The highest BCUT2D eigenvalue weighted by Gasteiger charge is 2.28. The highest BCUT2D eigenvalue weighted by Crippen LogP contribution is 2.33. The molecule has 0 fully saturated rings. The van der Waals surface area contributed by atoms with Gasteiger partial charge in [-0.25, -0.2) is 8.42 Å². The molecule has 0 heterocycles. The van der Waals surface area contributed by atoms with Crippen LogP contribution in [0.5, 0.6) is 11.5 Å². The van der Waals surface area contributed by atoms with Crippen LogP contribution in [-0.4, -0.2) is 41.6 Å². The molecule has 8 heteroatoms. The molecule has 0 aliphatic rings. The number of nitrogens with zero attached hydrogens (tertiary/aromatic N) is 1. The van der Waals surface area contributed by atoms with Crippen LogP contribution in [0.4, 0.5) is 5.69 Å². The van der Waals surface area contributed by atoms with E-state index in [9.17, 15) is 13.2 Å². The quantitative estimate of drug-likeness (QED) is 0.470. The Morgan fingerprint density at radius 3 is 2.21 bits per heavy atom. The van der Waals surface area contributed by atoms with Crippen LogP contribution in [0.3, 0.4) is 0 Å². The normalized spacial score (nSPS) is 12.0. The summed E-state index contributed by atoms with van der Waals surface area (Å²) >= 11 is 0. The van der Waals surface area contributed by atoms with E-state index >= 15 is 0 Å². The lowest BCUT2D eigenvalue weighted by Gasteiger charge is -2.25. The summed E-state index contributed by atoms with van der Waals surface area (Å²) in [6, 6.07) is 21.1. The second-order valence-corrected chi connectivity index (χ2v) is 9.84. The van der Waals surface area contributed by atoms with Crippen LogP contribution in [0.15, 0.2) is 77.7 Å². The maximum atomic E-state index is 13.6. The Labute approximate surface area is 201 Å². The minimum Gasteiger partial charge on any atom is -0.493 e. The lowest BCUT2D eigenvalue weighted by molar-refractivity contribution is -0.119. The fraction of sp³-hybridized carbons (Fsp3) is 0.269. The summed E-state index contributed by atoms with van der Waals surface area (Å²) in [5.74, 6) is 0.490. The van der Waals surface area contributed by atoms with Crippen molar-refractivity contribution in [2.24, 2.45) is 0 Å². The molecule has 180 valence electrons. The van der Waals surface area contributed by atoms with Crippen LogP contribution in [0.1, 0.15) is 24.0 Å². The van der Waals surface area contributed by atoms with E-state index in [1.165, 1.54) is 26.4 Å². The number of aryl methyl sites for hydroxylation is 1. The van der Waals surface area contributed by atoms with Gasteiger partial charge in [0.15, 0.2) is 11.5 Å². The number of benzene rings is 3. The Hall–Kier alpha value is -3.52. The highest BCUT2D eigenvalue weighted by molar-refractivity contribution is 7.92. The minimum absolute atomic E-state index is 0.0772. The SMILES string of the molecule is COc1ccc(N(CC(=O)NCC(C)c2ccccc2)S(=O)(=O)c2ccc(C)cc2)cc1OC. The van der Waals surface area contributed by atoms with Gasteiger partial charge in [0, 0.05) is 12.6 Å². The second kappa shape index (κ2) is 11.1. The number of hydrogen-bond donors (Lipinski definition) is 1. The monoisotopic (exact) mass is 482 g/mol. The fourth-order valence-corrected chi connectivity index (χ4v) is 4.90. The van der Waals surface area contributed by atoms with Gasteiger partial charge in [0.1, 0.15) is 6.54 Å². The van der Waals surface area contributed by atoms with Crippen LogP contribution in [-0.2, 0) is 14.8 Å². The number of anilines is 1. The molecule has 0 aromatic heterocycles. The number of ether oxygens (including phenoxy) is 2. The number of sulfonamides is 1. The summed E-state index contributed by atoms with van der Waals surface area (Å²) < 4.78 is 38.8. The Bertz CT molecular complexity index is 1210. The van der Waals surface area contributed by atoms with Gasteiger partial charge in [-0.15, -0.1) is 0 Å². The third-order valence-electron chi connectivity index (χ3n) is 5.53. The maximum Gasteiger partial charge on any atom is 0.264 e. The molecule has 0 aliphatic heterocycles. The van der Waals surface area contributed by atoms with Crippen LogP contribution < -0.4 is 19.1 Å². The van der Waals surface area contributed by atoms with Crippen molar-refractivity contribution in [1.29, 1.82) is 0 Å². The topological polar surface area (TPSA) is 84.9 Å². The molecule has 1 atom stereocenters. The fourth-order valence-electron chi connectivity index (χ4n) is 3.49. The van der Waals surface area contributed by atoms with Gasteiger partial charge < -0.3 is 14.8 Å². The molecule has 0 radical (unpaired) electrons. The number of hydrogen-bond acceptors (Lipinski definition) is 5. The first-order valence-electron chi connectivity index (χ1n) is 10.9. The molecule has 3 aromatic rings. The van der Waals surface area contributed by atoms with Crippen molar-refractivity contribution in [3.05, 3.63) is 83.9 Å². The molecule has 7 nitrogen and oxygen atoms in total. The van der Waals surface area contributed by atoms with Crippen molar-refractivity contribution < 1.29 is 22.7 Å². The Morgan fingerprint density at radius 1 is 0.941 bits per heavy atom. The van der Waals surface area contributed by atoms with E-state index in [2.05, 4.69) is 5.32 Å². The zero-order chi connectivity index (χ0) is 24.7. The van der Waals surface area contributed by atoms with E-state index in [1.807, 2.05) is 44.2 Å². The lowest BCUT2D eigenvalue weighted by atomic mass is 10.0. The smallest absolute Gasteiger partial charge is 0.264 e. The van der Waals surface area contributed by atoms with Gasteiger partial charge in [0.05, 0.1) is 24.8 Å². The molecule has 3 rings (SSSR count). The zero-order valence-electron chi connectivity index (χ0n) is 19.8. The van der Waals surface area contributed by atoms with Gasteiger partial charge in [0.2, 0.25) is 5.91 Å². The first-order valence-corrected chi connectivity index (χ1v) is 12.3. The first kappa shape index (κ1) is 25.1. The van der Waals surface area contributed by atoms with Crippen LogP contribution in [0, 0.1) is 6.92 Å². The molecule has 0 spiro atoms. The van der Waals surface area contributed by atoms with Crippen molar-refractivity contribution in [1.82, 2.24) is 5.32 Å². The molecule has 34 heavy (non-hydrogen) atoms. The van der Waals surface area contributed by atoms with Crippen molar-refractivity contribution in [2.75, 3.05) is 31.6 Å². The third-order valence-corrected chi connectivity index (χ3v) is 7.31. The van der Waals surface area contributed by atoms with Crippen molar-refractivity contribution in [2.45, 2.75) is 24.7 Å². The van der Waals surface area contributed by atoms with E-state index in [4.69, 9.17) is 9.47 Å². The third kappa shape index (κ3) is 5.88. The number of carbonyl (C=O) groups is 1. The summed E-state index contributed by atoms with van der Waals surface area (Å²) in [4.78, 5) is 13.0. The number of rotatable bonds is 10. The summed E-state index contributed by atoms with van der Waals surface area (Å²) in [7, 11) is -1.06. The lowest BCUT2D eigenvalue weighted by Crippen LogP contribution is -2.41. The average Bonchev–Trinajstić information content (AvgIpc) is 2.86. The molecule has 0 aliphatic carbocycles. The average molecular weight is 483 g/mol. The zero-order valence-corrected chi connectivity index (χ0v) is 20.6. The van der Waals surface area contributed by atoms with E-state index in [0.29, 0.717) is 23.7 Å². The van der Waals surface area contributed by atoms with Crippen molar-refractivity contribution >= 4 is 21.6 Å². The minimum atomic E-state index is -4.03. The molecule has 1 unspecified atom stereocenters. The van der Waals surface area contributed by atoms with E-state index in [-0.39, 0.29) is 17.4 Å². The van der Waals surface area contributed by atoms with Crippen LogP contribution >= 0.6 is 0 Å². The predicted octanol–water partition coefficient (Wildman–Crippen LogP) is 4.13. The molecular weight excluding hydrogens is 452 g/mol. The molecule has 0 bridgehead atoms. The number of amides is 1. The largest absolute Gasteiger partial charge is 0.493 e. The van der Waals surface area contributed by atoms with E-state index < -0.39 is 15.9 Å². The van der Waals surface area contributed by atoms with Crippen molar-refractivity contribution in [3.63, 3.8) is 0 Å². The standard InChI is InChI=1S/C26H30N2O5S/c1-19-10-13-23(14-11-19)34(30,31)28(22-12-15-24(32-3)25(16-22)33-4)18-26(29)27-17-20(2)21-8-6-5-7-9-21/h5-16,20H,17-18H2,1-4H3,(H,27,29). The molecule has 1 amide bonds. The Balaban J connectivity index is 1.89. The number of methoxy groups -OCH3 is 2. The highest BCUT2D eigenvalue weighted by atomic mass is 32.2. The number of nitrogens with one attached hydrogen (secondary N) is 1. The molecule has 1 N–H and O–H groups in total. The summed E-state index contributed by atoms with van der Waals surface area (Å²) in [5, 5.41) is 2.86. The van der Waals surface area contributed by atoms with Gasteiger partial charge >= 0.3 is 0 Å². The summed E-state index contributed by atoms with van der Waals surface area (Å²) in [5.41, 5.74) is 2.32. The Morgan fingerprint density at radius 2 is 1.59 bits per heavy atom. The maximum absolute atomic E-state index is 13.6. The van der Waals surface area contributed by atoms with Crippen LogP contribution in [0.25, 0.3) is 0 Å². The van der Waals surface area contributed by atoms with Gasteiger partial charge in [-0.1, -0.05) is 55.0 Å². The first-order chi connectivity index (χ1) is 16.3.